The Bertz CT molecular complexity index is 1270. The van der Waals surface area contributed by atoms with Crippen LogP contribution in [0, 0.1) is 25.5 Å². The van der Waals surface area contributed by atoms with Crippen molar-refractivity contribution in [3.8, 4) is 11.6 Å². The van der Waals surface area contributed by atoms with Gasteiger partial charge in [-0.1, -0.05) is 0 Å². The predicted molar refractivity (Wildman–Crippen MR) is 104 cm³/mol. The summed E-state index contributed by atoms with van der Waals surface area (Å²) >= 11 is 0. The van der Waals surface area contributed by atoms with Crippen molar-refractivity contribution in [2.75, 3.05) is 0 Å². The Labute approximate surface area is 164 Å². The van der Waals surface area contributed by atoms with Crippen LogP contribution < -0.4 is 0 Å². The molecule has 0 aliphatic rings. The maximum Gasteiger partial charge on any atom is 0.297 e. The van der Waals surface area contributed by atoms with Crippen LogP contribution in [0.15, 0.2) is 58.8 Å². The summed E-state index contributed by atoms with van der Waals surface area (Å²) in [5, 5.41) is 17.9. The standard InChI is InChI=1S/C21H16F2N4O2/c1-11-9-16(12(2)27(11)15-6-3-13(22)4-7-15)20(28)26-25-19-17-10-14(23)5-8-18(17)24-21(19)29/h3-10,24,29H,1-2H3. The minimum Gasteiger partial charge on any atom is -0.493 e. The summed E-state index contributed by atoms with van der Waals surface area (Å²) in [6, 6.07) is 11.5. The van der Waals surface area contributed by atoms with Crippen LogP contribution in [0.25, 0.3) is 16.6 Å². The van der Waals surface area contributed by atoms with E-state index in [0.29, 0.717) is 27.8 Å². The van der Waals surface area contributed by atoms with Gasteiger partial charge in [0.2, 0.25) is 5.88 Å². The van der Waals surface area contributed by atoms with Crippen molar-refractivity contribution in [3.05, 3.63) is 77.1 Å². The van der Waals surface area contributed by atoms with Gasteiger partial charge in [-0.05, 0) is 62.4 Å². The molecule has 2 N–H and O–H groups in total. The minimum absolute atomic E-state index is 0.0137. The zero-order valence-corrected chi connectivity index (χ0v) is 15.6. The molecule has 6 nitrogen and oxygen atoms in total. The molecule has 0 bridgehead atoms. The van der Waals surface area contributed by atoms with E-state index in [-0.39, 0.29) is 17.4 Å². The van der Waals surface area contributed by atoms with E-state index in [4.69, 9.17) is 0 Å². The summed E-state index contributed by atoms with van der Waals surface area (Å²) in [5.41, 5.74) is 2.88. The Morgan fingerprint density at radius 2 is 1.72 bits per heavy atom. The zero-order chi connectivity index (χ0) is 20.7. The third-order valence-corrected chi connectivity index (χ3v) is 4.70. The number of rotatable bonds is 3. The number of amides is 1. The van der Waals surface area contributed by atoms with Crippen molar-refractivity contribution < 1.29 is 18.7 Å². The Morgan fingerprint density at radius 1 is 1.03 bits per heavy atom. The molecular weight excluding hydrogens is 378 g/mol. The number of aromatic nitrogens is 2. The molecule has 2 heterocycles. The lowest BCUT2D eigenvalue weighted by Gasteiger charge is -2.09. The quantitative estimate of drug-likeness (QED) is 0.451. The molecule has 0 aliphatic heterocycles. The van der Waals surface area contributed by atoms with Crippen LogP contribution in [0.1, 0.15) is 21.7 Å². The van der Waals surface area contributed by atoms with Gasteiger partial charge in [0.05, 0.1) is 11.1 Å². The lowest BCUT2D eigenvalue weighted by atomic mass is 10.2. The minimum atomic E-state index is -0.614. The number of H-pyrrole nitrogens is 1. The average molecular weight is 394 g/mol. The fourth-order valence-electron chi connectivity index (χ4n) is 3.35. The SMILES string of the molecule is Cc1cc(C(=O)N=Nc2c(O)[nH]c3ccc(F)cc23)c(C)n1-c1ccc(F)cc1. The Kier molecular flexibility index (Phi) is 4.46. The zero-order valence-electron chi connectivity index (χ0n) is 15.6. The number of benzene rings is 2. The van der Waals surface area contributed by atoms with Gasteiger partial charge in [-0.2, -0.15) is 0 Å². The van der Waals surface area contributed by atoms with Crippen LogP contribution in [-0.2, 0) is 0 Å². The number of hydrogen-bond acceptors (Lipinski definition) is 3. The molecule has 0 saturated carbocycles. The summed E-state index contributed by atoms with van der Waals surface area (Å²) in [6.07, 6.45) is 0. The number of aromatic hydroxyl groups is 1. The van der Waals surface area contributed by atoms with Crippen molar-refractivity contribution in [2.45, 2.75) is 13.8 Å². The normalized spacial score (nSPS) is 11.6. The van der Waals surface area contributed by atoms with Gasteiger partial charge in [0.1, 0.15) is 11.6 Å². The van der Waals surface area contributed by atoms with Crippen LogP contribution >= 0.6 is 0 Å². The highest BCUT2D eigenvalue weighted by Gasteiger charge is 2.18. The van der Waals surface area contributed by atoms with Crippen molar-refractivity contribution in [2.24, 2.45) is 10.2 Å². The van der Waals surface area contributed by atoms with E-state index in [9.17, 15) is 18.7 Å². The van der Waals surface area contributed by atoms with Crippen molar-refractivity contribution in [3.63, 3.8) is 0 Å². The molecule has 0 unspecified atom stereocenters. The van der Waals surface area contributed by atoms with Crippen molar-refractivity contribution >= 4 is 22.5 Å². The first-order valence-corrected chi connectivity index (χ1v) is 8.76. The van der Waals surface area contributed by atoms with Gasteiger partial charge in [-0.3, -0.25) is 4.79 Å². The number of aromatic amines is 1. The second kappa shape index (κ2) is 6.97. The number of carbonyl (C=O) groups is 1. The number of halogens is 2. The van der Waals surface area contributed by atoms with Gasteiger partial charge in [-0.15, -0.1) is 10.2 Å². The Hall–Kier alpha value is -3.81. The summed E-state index contributed by atoms with van der Waals surface area (Å²) in [6.45, 7) is 3.57. The van der Waals surface area contributed by atoms with Gasteiger partial charge < -0.3 is 14.7 Å². The van der Waals surface area contributed by atoms with Crippen molar-refractivity contribution in [1.29, 1.82) is 0 Å². The molecule has 0 atom stereocenters. The third kappa shape index (κ3) is 3.29. The molecule has 0 aliphatic carbocycles. The summed E-state index contributed by atoms with van der Waals surface area (Å²) in [7, 11) is 0. The van der Waals surface area contributed by atoms with E-state index in [2.05, 4.69) is 15.2 Å². The fraction of sp³-hybridized carbons (Fsp3) is 0.0952. The van der Waals surface area contributed by atoms with Crippen LogP contribution in [0.4, 0.5) is 14.5 Å². The highest BCUT2D eigenvalue weighted by atomic mass is 19.1. The topological polar surface area (TPSA) is 82.7 Å². The summed E-state index contributed by atoms with van der Waals surface area (Å²) in [4.78, 5) is 15.3. The second-order valence-corrected chi connectivity index (χ2v) is 6.61. The molecular formula is C21H16F2N4O2. The van der Waals surface area contributed by atoms with Crippen LogP contribution in [0.3, 0.4) is 0 Å². The first-order chi connectivity index (χ1) is 13.8. The van der Waals surface area contributed by atoms with E-state index >= 15 is 0 Å². The molecule has 146 valence electrons. The molecule has 0 spiro atoms. The highest BCUT2D eigenvalue weighted by molar-refractivity contribution is 5.98. The summed E-state index contributed by atoms with van der Waals surface area (Å²) in [5.74, 6) is -1.77. The molecule has 2 aromatic heterocycles. The van der Waals surface area contributed by atoms with E-state index < -0.39 is 11.7 Å². The monoisotopic (exact) mass is 394 g/mol. The first kappa shape index (κ1) is 18.5. The molecule has 29 heavy (non-hydrogen) atoms. The van der Waals surface area contributed by atoms with Crippen molar-refractivity contribution in [1.82, 2.24) is 9.55 Å². The fourth-order valence-corrected chi connectivity index (χ4v) is 3.35. The molecule has 4 rings (SSSR count). The number of carbonyl (C=O) groups excluding carboxylic acids is 1. The number of aryl methyl sites for hydroxylation is 1. The molecule has 4 aromatic rings. The average Bonchev–Trinajstić information content (AvgIpc) is 3.16. The molecule has 2 aromatic carbocycles. The predicted octanol–water partition coefficient (Wildman–Crippen LogP) is 5.48. The number of nitrogens with one attached hydrogen (secondary N) is 1. The van der Waals surface area contributed by atoms with E-state index in [0.717, 1.165) is 5.69 Å². The number of hydrogen-bond donors (Lipinski definition) is 2. The molecule has 0 saturated heterocycles. The number of azo groups is 1. The largest absolute Gasteiger partial charge is 0.493 e. The van der Waals surface area contributed by atoms with E-state index in [1.807, 2.05) is 6.92 Å². The van der Waals surface area contributed by atoms with Gasteiger partial charge in [0.25, 0.3) is 5.91 Å². The van der Waals surface area contributed by atoms with Gasteiger partial charge in [0, 0.05) is 22.5 Å². The Morgan fingerprint density at radius 3 is 2.45 bits per heavy atom. The lowest BCUT2D eigenvalue weighted by molar-refractivity contribution is 0.0994. The van der Waals surface area contributed by atoms with Crippen LogP contribution in [0.2, 0.25) is 0 Å². The van der Waals surface area contributed by atoms with Crippen LogP contribution in [0.5, 0.6) is 5.88 Å². The molecule has 0 fully saturated rings. The molecule has 0 radical (unpaired) electrons. The van der Waals surface area contributed by atoms with Gasteiger partial charge in [0.15, 0.2) is 5.69 Å². The third-order valence-electron chi connectivity index (χ3n) is 4.70. The Balaban J connectivity index is 1.70. The molecule has 8 heteroatoms. The maximum atomic E-state index is 13.5. The number of fused-ring (bicyclic) bond motifs is 1. The molecule has 1 amide bonds. The number of nitrogens with zero attached hydrogens (tertiary/aromatic N) is 3. The van der Waals surface area contributed by atoms with E-state index in [1.165, 1.54) is 30.3 Å². The van der Waals surface area contributed by atoms with Crippen LogP contribution in [-0.4, -0.2) is 20.6 Å². The first-order valence-electron chi connectivity index (χ1n) is 8.76. The van der Waals surface area contributed by atoms with Gasteiger partial charge >= 0.3 is 0 Å². The van der Waals surface area contributed by atoms with E-state index in [1.54, 1.807) is 29.7 Å². The van der Waals surface area contributed by atoms with Gasteiger partial charge in [-0.25, -0.2) is 8.78 Å². The smallest absolute Gasteiger partial charge is 0.297 e. The highest BCUT2D eigenvalue weighted by Crippen LogP contribution is 2.36. The maximum absolute atomic E-state index is 13.5. The second-order valence-electron chi connectivity index (χ2n) is 6.61. The lowest BCUT2D eigenvalue weighted by Crippen LogP contribution is -2.01. The summed E-state index contributed by atoms with van der Waals surface area (Å²) < 4.78 is 28.5.